The van der Waals surface area contributed by atoms with Gasteiger partial charge in [0.15, 0.2) is 0 Å². The number of piperidine rings is 1. The second kappa shape index (κ2) is 8.45. The molecule has 5 nitrogen and oxygen atoms in total. The first-order valence-electron chi connectivity index (χ1n) is 8.02. The molecule has 6 heteroatoms. The van der Waals surface area contributed by atoms with Crippen molar-refractivity contribution in [1.29, 1.82) is 0 Å². The van der Waals surface area contributed by atoms with E-state index in [4.69, 9.17) is 0 Å². The third kappa shape index (κ3) is 5.62. The summed E-state index contributed by atoms with van der Waals surface area (Å²) in [5, 5.41) is 5.52. The first-order valence-corrected chi connectivity index (χ1v) is 8.82. The van der Waals surface area contributed by atoms with E-state index in [1.165, 1.54) is 6.42 Å². The second-order valence-electron chi connectivity index (χ2n) is 6.10. The number of amides is 2. The summed E-state index contributed by atoms with van der Waals surface area (Å²) >= 11 is 3.39. The quantitative estimate of drug-likeness (QED) is 0.823. The Morgan fingerprint density at radius 2 is 2.09 bits per heavy atom. The zero-order valence-corrected chi connectivity index (χ0v) is 15.3. The van der Waals surface area contributed by atoms with E-state index in [0.717, 1.165) is 35.1 Å². The van der Waals surface area contributed by atoms with Crippen LogP contribution in [0.25, 0.3) is 0 Å². The van der Waals surface area contributed by atoms with Crippen LogP contribution in [0.3, 0.4) is 0 Å². The largest absolute Gasteiger partial charge is 0.346 e. The number of halogens is 1. The van der Waals surface area contributed by atoms with Crippen molar-refractivity contribution in [2.75, 3.05) is 25.0 Å². The minimum absolute atomic E-state index is 0.00341. The maximum absolute atomic E-state index is 12.0. The van der Waals surface area contributed by atoms with Gasteiger partial charge in [-0.2, -0.15) is 0 Å². The predicted molar refractivity (Wildman–Crippen MR) is 95.4 cm³/mol. The third-order valence-electron chi connectivity index (χ3n) is 4.20. The molecule has 126 valence electrons. The van der Waals surface area contributed by atoms with Gasteiger partial charge in [0, 0.05) is 16.2 Å². The lowest BCUT2D eigenvalue weighted by Gasteiger charge is -2.32. The second-order valence-corrected chi connectivity index (χ2v) is 7.02. The summed E-state index contributed by atoms with van der Waals surface area (Å²) in [6.45, 7) is 5.40. The van der Waals surface area contributed by atoms with Crippen LogP contribution >= 0.6 is 15.9 Å². The topological polar surface area (TPSA) is 61.4 Å². The minimum atomic E-state index is -0.213. The number of rotatable bonds is 5. The van der Waals surface area contributed by atoms with E-state index >= 15 is 0 Å². The van der Waals surface area contributed by atoms with E-state index in [1.54, 1.807) is 0 Å². The Hall–Kier alpha value is -1.40. The average Bonchev–Trinajstić information content (AvgIpc) is 2.50. The van der Waals surface area contributed by atoms with Crippen LogP contribution in [0.1, 0.15) is 31.7 Å². The van der Waals surface area contributed by atoms with Crippen LogP contribution < -0.4 is 10.6 Å². The van der Waals surface area contributed by atoms with Gasteiger partial charge in [-0.15, -0.1) is 0 Å². The van der Waals surface area contributed by atoms with E-state index < -0.39 is 0 Å². The van der Waals surface area contributed by atoms with Crippen molar-refractivity contribution in [3.63, 3.8) is 0 Å². The number of likely N-dealkylation sites (tertiary alicyclic amines) is 1. The molecule has 0 bridgehead atoms. The van der Waals surface area contributed by atoms with Gasteiger partial charge in [-0.25, -0.2) is 0 Å². The van der Waals surface area contributed by atoms with Crippen molar-refractivity contribution in [1.82, 2.24) is 10.2 Å². The maximum Gasteiger partial charge on any atom is 0.243 e. The molecule has 1 aliphatic heterocycles. The lowest BCUT2D eigenvalue weighted by atomic mass is 10.0. The van der Waals surface area contributed by atoms with Gasteiger partial charge in [0.05, 0.1) is 13.1 Å². The summed E-state index contributed by atoms with van der Waals surface area (Å²) in [6, 6.07) is 6.09. The number of benzene rings is 1. The molecule has 0 radical (unpaired) electrons. The lowest BCUT2D eigenvalue weighted by Crippen LogP contribution is -2.45. The number of hydrogen-bond donors (Lipinski definition) is 2. The Morgan fingerprint density at radius 1 is 1.30 bits per heavy atom. The first-order chi connectivity index (χ1) is 11.0. The van der Waals surface area contributed by atoms with Gasteiger partial charge in [-0.3, -0.25) is 14.5 Å². The summed E-state index contributed by atoms with van der Waals surface area (Å²) in [5.74, 6) is -0.308. The van der Waals surface area contributed by atoms with E-state index in [9.17, 15) is 9.59 Å². The molecular formula is C17H24BrN3O2. The molecule has 0 spiro atoms. The highest BCUT2D eigenvalue weighted by atomic mass is 79.9. The van der Waals surface area contributed by atoms with Gasteiger partial charge in [0.25, 0.3) is 0 Å². The number of nitrogens with one attached hydrogen (secondary N) is 2. The van der Waals surface area contributed by atoms with E-state index in [-0.39, 0.29) is 18.4 Å². The molecule has 1 aromatic rings. The van der Waals surface area contributed by atoms with Crippen molar-refractivity contribution >= 4 is 33.4 Å². The molecule has 0 saturated carbocycles. The first kappa shape index (κ1) is 17.9. The van der Waals surface area contributed by atoms with Gasteiger partial charge < -0.3 is 10.6 Å². The Bertz CT molecular complexity index is 577. The Balaban J connectivity index is 1.76. The fraction of sp³-hybridized carbons (Fsp3) is 0.529. The molecule has 2 amide bonds. The summed E-state index contributed by atoms with van der Waals surface area (Å²) in [6.07, 6.45) is 3.51. The highest BCUT2D eigenvalue weighted by Crippen LogP contribution is 2.19. The fourth-order valence-corrected chi connectivity index (χ4v) is 3.25. The Labute approximate surface area is 145 Å². The normalized spacial score (nSPS) is 18.5. The third-order valence-corrected chi connectivity index (χ3v) is 4.69. The molecule has 1 saturated heterocycles. The number of carbonyl (C=O) groups excluding carboxylic acids is 2. The zero-order valence-electron chi connectivity index (χ0n) is 13.7. The molecular weight excluding hydrogens is 358 g/mol. The molecule has 1 atom stereocenters. The van der Waals surface area contributed by atoms with Crippen molar-refractivity contribution < 1.29 is 9.59 Å². The molecule has 23 heavy (non-hydrogen) atoms. The van der Waals surface area contributed by atoms with Crippen LogP contribution in [0.5, 0.6) is 0 Å². The SMILES string of the molecule is Cc1cc(Br)ccc1NC(=O)CNC(=O)CN1CCCC[C@@H]1C. The van der Waals surface area contributed by atoms with Crippen LogP contribution in [-0.2, 0) is 9.59 Å². The Kier molecular flexibility index (Phi) is 6.59. The molecule has 0 aliphatic carbocycles. The van der Waals surface area contributed by atoms with Crippen molar-refractivity contribution in [2.24, 2.45) is 0 Å². The lowest BCUT2D eigenvalue weighted by molar-refractivity contribution is -0.125. The summed E-state index contributed by atoms with van der Waals surface area (Å²) in [5.41, 5.74) is 1.73. The number of anilines is 1. The molecule has 1 aliphatic rings. The molecule has 0 unspecified atom stereocenters. The van der Waals surface area contributed by atoms with E-state index in [1.807, 2.05) is 25.1 Å². The van der Waals surface area contributed by atoms with Gasteiger partial charge in [-0.05, 0) is 57.0 Å². The average molecular weight is 382 g/mol. The fourth-order valence-electron chi connectivity index (χ4n) is 2.77. The standard InChI is InChI=1S/C17H24BrN3O2/c1-12-9-14(18)6-7-15(12)20-16(22)10-19-17(23)11-21-8-4-3-5-13(21)2/h6-7,9,13H,3-5,8,10-11H2,1-2H3,(H,19,23)(H,20,22)/t13-/m0/s1. The number of hydrogen-bond acceptors (Lipinski definition) is 3. The summed E-state index contributed by atoms with van der Waals surface area (Å²) < 4.78 is 0.969. The van der Waals surface area contributed by atoms with E-state index in [0.29, 0.717) is 12.6 Å². The number of nitrogens with zero attached hydrogens (tertiary/aromatic N) is 1. The monoisotopic (exact) mass is 381 g/mol. The van der Waals surface area contributed by atoms with Gasteiger partial charge in [-0.1, -0.05) is 22.4 Å². The number of carbonyl (C=O) groups is 2. The van der Waals surface area contributed by atoms with E-state index in [2.05, 4.69) is 38.4 Å². The molecule has 0 aromatic heterocycles. The molecule has 1 fully saturated rings. The summed E-state index contributed by atoms with van der Waals surface area (Å²) in [7, 11) is 0. The van der Waals surface area contributed by atoms with Gasteiger partial charge in [0.1, 0.15) is 0 Å². The highest BCUT2D eigenvalue weighted by molar-refractivity contribution is 9.10. The van der Waals surface area contributed by atoms with Crippen LogP contribution in [0.2, 0.25) is 0 Å². The smallest absolute Gasteiger partial charge is 0.243 e. The highest BCUT2D eigenvalue weighted by Gasteiger charge is 2.20. The van der Waals surface area contributed by atoms with Crippen molar-refractivity contribution in [3.8, 4) is 0 Å². The van der Waals surface area contributed by atoms with Crippen LogP contribution in [-0.4, -0.2) is 42.4 Å². The molecule has 2 N–H and O–H groups in total. The molecule has 1 heterocycles. The van der Waals surface area contributed by atoms with Gasteiger partial charge in [0.2, 0.25) is 11.8 Å². The predicted octanol–water partition coefficient (Wildman–Crippen LogP) is 2.69. The maximum atomic E-state index is 12.0. The van der Waals surface area contributed by atoms with Crippen LogP contribution in [0.4, 0.5) is 5.69 Å². The number of aryl methyl sites for hydroxylation is 1. The van der Waals surface area contributed by atoms with Crippen molar-refractivity contribution in [3.05, 3.63) is 28.2 Å². The molecule has 2 rings (SSSR count). The van der Waals surface area contributed by atoms with Gasteiger partial charge >= 0.3 is 0 Å². The Morgan fingerprint density at radius 3 is 2.78 bits per heavy atom. The summed E-state index contributed by atoms with van der Waals surface area (Å²) in [4.78, 5) is 26.1. The molecule has 1 aromatic carbocycles. The van der Waals surface area contributed by atoms with Crippen LogP contribution in [0, 0.1) is 6.92 Å². The zero-order chi connectivity index (χ0) is 16.8. The van der Waals surface area contributed by atoms with Crippen LogP contribution in [0.15, 0.2) is 22.7 Å². The van der Waals surface area contributed by atoms with Crippen molar-refractivity contribution in [2.45, 2.75) is 39.2 Å². The minimum Gasteiger partial charge on any atom is -0.346 e.